The van der Waals surface area contributed by atoms with Gasteiger partial charge in [-0.2, -0.15) is 0 Å². The highest BCUT2D eigenvalue weighted by molar-refractivity contribution is 4.96. The van der Waals surface area contributed by atoms with Gasteiger partial charge in [0.05, 0.1) is 13.2 Å². The second-order valence-corrected chi connectivity index (χ2v) is 4.03. The van der Waals surface area contributed by atoms with Crippen LogP contribution in [0.1, 0.15) is 0 Å². The summed E-state index contributed by atoms with van der Waals surface area (Å²) in [5.41, 5.74) is 0. The van der Waals surface area contributed by atoms with Crippen LogP contribution in [0.25, 0.3) is 0 Å². The first kappa shape index (κ1) is 14.7. The number of hydrogen-bond donors (Lipinski definition) is 7. The highest BCUT2D eigenvalue weighted by Gasteiger charge is 2.47. The normalized spacial score (nSPS) is 42.2. The predicted molar refractivity (Wildman–Crippen MR) is 52.9 cm³/mol. The minimum absolute atomic E-state index is 0.622. The van der Waals surface area contributed by atoms with Crippen LogP contribution in [0, 0.1) is 0 Å². The Morgan fingerprint density at radius 3 is 2.00 bits per heavy atom. The molecule has 0 spiro atoms. The molecule has 0 aromatic carbocycles. The third-order valence-electron chi connectivity index (χ3n) is 2.85. The number of aliphatic hydroxyl groups is 7. The number of rotatable bonds is 4. The third-order valence-corrected chi connectivity index (χ3v) is 2.85. The van der Waals surface area contributed by atoms with Crippen LogP contribution in [0.3, 0.4) is 0 Å². The van der Waals surface area contributed by atoms with E-state index in [1.807, 2.05) is 0 Å². The Morgan fingerprint density at radius 2 is 1.53 bits per heavy atom. The summed E-state index contributed by atoms with van der Waals surface area (Å²) >= 11 is 0. The fraction of sp³-hybridized carbons (Fsp3) is 1.00. The molecule has 1 aliphatic heterocycles. The maximum atomic E-state index is 9.57. The van der Waals surface area contributed by atoms with Crippen molar-refractivity contribution in [3.05, 3.63) is 0 Å². The van der Waals surface area contributed by atoms with Crippen LogP contribution in [0.5, 0.6) is 0 Å². The van der Waals surface area contributed by atoms with Crippen molar-refractivity contribution >= 4 is 0 Å². The molecule has 8 heteroatoms. The molecule has 7 N–H and O–H groups in total. The van der Waals surface area contributed by atoms with Gasteiger partial charge in [-0.15, -0.1) is 0 Å². The molecule has 7 atom stereocenters. The Bertz CT molecular complexity index is 231. The summed E-state index contributed by atoms with van der Waals surface area (Å²) in [7, 11) is 0. The zero-order valence-corrected chi connectivity index (χ0v) is 8.99. The summed E-state index contributed by atoms with van der Waals surface area (Å²) in [4.78, 5) is 0. The first-order valence-corrected chi connectivity index (χ1v) is 5.21. The second kappa shape index (κ2) is 6.03. The average molecular weight is 254 g/mol. The Kier molecular flexibility index (Phi) is 5.22. The standard InChI is InChI=1S/C9H18O8/c10-1-3(12)5(13)9-8(16)7(15)6(14)4(2-11)17-9/h3-16H,1-2H2/t3-,4+,5?,6+,7-,8-,9?/m0/s1. The molecule has 1 fully saturated rings. The maximum Gasteiger partial charge on any atom is 0.115 e. The van der Waals surface area contributed by atoms with E-state index in [1.54, 1.807) is 0 Å². The lowest BCUT2D eigenvalue weighted by molar-refractivity contribution is -0.258. The van der Waals surface area contributed by atoms with Crippen LogP contribution in [-0.4, -0.2) is 91.7 Å². The van der Waals surface area contributed by atoms with Gasteiger partial charge in [0.2, 0.25) is 0 Å². The van der Waals surface area contributed by atoms with Crippen LogP contribution in [0.2, 0.25) is 0 Å². The molecule has 1 aliphatic rings. The first-order valence-electron chi connectivity index (χ1n) is 5.21. The lowest BCUT2D eigenvalue weighted by Gasteiger charge is -2.42. The van der Waals surface area contributed by atoms with Crippen molar-refractivity contribution in [2.45, 2.75) is 42.7 Å². The Labute approximate surface area is 97.3 Å². The van der Waals surface area contributed by atoms with Crippen molar-refractivity contribution < 1.29 is 40.5 Å². The molecule has 102 valence electrons. The molecule has 2 unspecified atom stereocenters. The summed E-state index contributed by atoms with van der Waals surface area (Å²) in [5.74, 6) is 0. The molecule has 0 aromatic heterocycles. The molecule has 1 rings (SSSR count). The van der Waals surface area contributed by atoms with E-state index in [4.69, 9.17) is 14.9 Å². The monoisotopic (exact) mass is 254 g/mol. The third kappa shape index (κ3) is 2.92. The van der Waals surface area contributed by atoms with E-state index in [9.17, 15) is 25.5 Å². The van der Waals surface area contributed by atoms with Crippen molar-refractivity contribution in [2.75, 3.05) is 13.2 Å². The average Bonchev–Trinajstić information content (AvgIpc) is 2.34. The first-order chi connectivity index (χ1) is 7.93. The molecule has 1 saturated heterocycles. The van der Waals surface area contributed by atoms with E-state index in [0.29, 0.717) is 0 Å². The molecular formula is C9H18O8. The van der Waals surface area contributed by atoms with Gasteiger partial charge in [-0.05, 0) is 0 Å². The van der Waals surface area contributed by atoms with E-state index in [1.165, 1.54) is 0 Å². The highest BCUT2D eigenvalue weighted by atomic mass is 16.6. The number of ether oxygens (including phenoxy) is 1. The van der Waals surface area contributed by atoms with Crippen molar-refractivity contribution in [3.8, 4) is 0 Å². The van der Waals surface area contributed by atoms with Gasteiger partial charge in [0.1, 0.15) is 42.7 Å². The van der Waals surface area contributed by atoms with Gasteiger partial charge in [0, 0.05) is 0 Å². The molecular weight excluding hydrogens is 236 g/mol. The molecule has 0 saturated carbocycles. The van der Waals surface area contributed by atoms with E-state index in [0.717, 1.165) is 0 Å². The second-order valence-electron chi connectivity index (χ2n) is 4.03. The molecule has 8 nitrogen and oxygen atoms in total. The van der Waals surface area contributed by atoms with Crippen molar-refractivity contribution in [1.29, 1.82) is 0 Å². The van der Waals surface area contributed by atoms with Crippen LogP contribution < -0.4 is 0 Å². The van der Waals surface area contributed by atoms with Crippen molar-refractivity contribution in [2.24, 2.45) is 0 Å². The molecule has 0 amide bonds. The van der Waals surface area contributed by atoms with Crippen molar-refractivity contribution in [1.82, 2.24) is 0 Å². The Morgan fingerprint density at radius 1 is 0.941 bits per heavy atom. The zero-order chi connectivity index (χ0) is 13.2. The minimum Gasteiger partial charge on any atom is -0.394 e. The number of hydrogen-bond acceptors (Lipinski definition) is 8. The minimum atomic E-state index is -1.65. The SMILES string of the molecule is OC[C@H](O)C(O)C1O[C@H](CO)[C@@H](O)[C@H](O)[C@@H]1O. The summed E-state index contributed by atoms with van der Waals surface area (Å²) in [6.07, 6.45) is -10.5. The number of aliphatic hydroxyl groups excluding tert-OH is 7. The summed E-state index contributed by atoms with van der Waals surface area (Å²) in [6.45, 7) is -1.38. The highest BCUT2D eigenvalue weighted by Crippen LogP contribution is 2.24. The van der Waals surface area contributed by atoms with Gasteiger partial charge < -0.3 is 40.5 Å². The molecule has 0 aromatic rings. The Balaban J connectivity index is 2.78. The fourth-order valence-corrected chi connectivity index (χ4v) is 1.74. The smallest absolute Gasteiger partial charge is 0.115 e. The predicted octanol–water partition coefficient (Wildman–Crippen LogP) is -4.46. The van der Waals surface area contributed by atoms with Crippen LogP contribution >= 0.6 is 0 Å². The molecule has 17 heavy (non-hydrogen) atoms. The Hall–Kier alpha value is -0.320. The largest absolute Gasteiger partial charge is 0.394 e. The maximum absolute atomic E-state index is 9.57. The quantitative estimate of drug-likeness (QED) is 0.265. The van der Waals surface area contributed by atoms with Gasteiger partial charge >= 0.3 is 0 Å². The van der Waals surface area contributed by atoms with Gasteiger partial charge in [-0.3, -0.25) is 0 Å². The zero-order valence-electron chi connectivity index (χ0n) is 8.99. The van der Waals surface area contributed by atoms with Crippen LogP contribution in [-0.2, 0) is 4.74 Å². The molecule has 0 radical (unpaired) electrons. The lowest BCUT2D eigenvalue weighted by Crippen LogP contribution is -2.63. The van der Waals surface area contributed by atoms with E-state index in [2.05, 4.69) is 0 Å². The molecule has 0 bridgehead atoms. The topological polar surface area (TPSA) is 151 Å². The summed E-state index contributed by atoms with van der Waals surface area (Å²) in [6, 6.07) is 0. The van der Waals surface area contributed by atoms with Gasteiger partial charge in [-0.25, -0.2) is 0 Å². The van der Waals surface area contributed by atoms with Crippen molar-refractivity contribution in [3.63, 3.8) is 0 Å². The van der Waals surface area contributed by atoms with Gasteiger partial charge in [0.25, 0.3) is 0 Å². The van der Waals surface area contributed by atoms with Gasteiger partial charge in [-0.1, -0.05) is 0 Å². The molecule has 0 aliphatic carbocycles. The van der Waals surface area contributed by atoms with E-state index < -0.39 is 55.9 Å². The molecule has 1 heterocycles. The lowest BCUT2D eigenvalue weighted by atomic mass is 9.91. The fourth-order valence-electron chi connectivity index (χ4n) is 1.74. The van der Waals surface area contributed by atoms with Gasteiger partial charge in [0.15, 0.2) is 0 Å². The van der Waals surface area contributed by atoms with Crippen LogP contribution in [0.15, 0.2) is 0 Å². The van der Waals surface area contributed by atoms with Crippen LogP contribution in [0.4, 0.5) is 0 Å². The van der Waals surface area contributed by atoms with E-state index >= 15 is 0 Å². The summed E-state index contributed by atoms with van der Waals surface area (Å²) < 4.78 is 4.98. The summed E-state index contributed by atoms with van der Waals surface area (Å²) in [5, 5.41) is 64.8. The van der Waals surface area contributed by atoms with E-state index in [-0.39, 0.29) is 0 Å².